The van der Waals surface area contributed by atoms with E-state index in [1.165, 1.54) is 5.56 Å². The van der Waals surface area contributed by atoms with Crippen LogP contribution < -0.4 is 16.0 Å². The summed E-state index contributed by atoms with van der Waals surface area (Å²) in [6, 6.07) is 12.6. The predicted octanol–water partition coefficient (Wildman–Crippen LogP) is 3.60. The number of piperazine rings is 1. The number of nitrogens with one attached hydrogen (secondary N) is 1. The van der Waals surface area contributed by atoms with Crippen LogP contribution in [0.4, 0.5) is 18.9 Å². The Morgan fingerprint density at radius 1 is 1.11 bits per heavy atom. The highest BCUT2D eigenvalue weighted by Crippen LogP contribution is 2.35. The number of likely N-dealkylation sites (tertiary alicyclic amines) is 1. The highest BCUT2D eigenvalue weighted by Gasteiger charge is 2.40. The highest BCUT2D eigenvalue weighted by molar-refractivity contribution is 5.74. The molecular weight excluding hydrogens is 457 g/mol. The predicted molar refractivity (Wildman–Crippen MR) is 131 cm³/mol. The lowest BCUT2D eigenvalue weighted by atomic mass is 9.75. The summed E-state index contributed by atoms with van der Waals surface area (Å²) < 4.78 is 38.8. The molecule has 0 unspecified atom stereocenters. The van der Waals surface area contributed by atoms with Gasteiger partial charge in [-0.15, -0.1) is 0 Å². The summed E-state index contributed by atoms with van der Waals surface area (Å²) in [4.78, 5) is 15.6. The molecule has 6 nitrogen and oxygen atoms in total. The van der Waals surface area contributed by atoms with Gasteiger partial charge >= 0.3 is 5.97 Å². The molecule has 1 atom stereocenters. The fourth-order valence-electron chi connectivity index (χ4n) is 4.72. The summed E-state index contributed by atoms with van der Waals surface area (Å²) in [5.74, 6) is -4.37. The zero-order valence-corrected chi connectivity index (χ0v) is 20.2. The maximum Gasteiger partial charge on any atom is 0.309 e. The lowest BCUT2D eigenvalue weighted by Gasteiger charge is -2.38. The van der Waals surface area contributed by atoms with E-state index in [2.05, 4.69) is 22.3 Å². The van der Waals surface area contributed by atoms with Gasteiger partial charge in [-0.2, -0.15) is 0 Å². The van der Waals surface area contributed by atoms with Crippen molar-refractivity contribution in [1.82, 2.24) is 10.2 Å². The molecule has 192 valence electrons. The second-order valence-electron chi connectivity index (χ2n) is 9.41. The minimum atomic E-state index is -1.41. The number of carbonyl (C=O) groups is 1. The molecule has 2 aromatic rings. The first-order valence-corrected chi connectivity index (χ1v) is 12.1. The maximum absolute atomic E-state index is 13.0. The van der Waals surface area contributed by atoms with Gasteiger partial charge < -0.3 is 21.1 Å². The van der Waals surface area contributed by atoms with E-state index in [9.17, 15) is 23.1 Å². The Bertz CT molecular complexity index is 945. The quantitative estimate of drug-likeness (QED) is 0.535. The third-order valence-corrected chi connectivity index (χ3v) is 6.84. The molecule has 0 aliphatic carbocycles. The van der Waals surface area contributed by atoms with Gasteiger partial charge in [0.2, 0.25) is 0 Å². The van der Waals surface area contributed by atoms with Crippen LogP contribution in [0, 0.1) is 22.9 Å². The molecule has 35 heavy (non-hydrogen) atoms. The van der Waals surface area contributed by atoms with E-state index in [0.717, 1.165) is 38.3 Å². The Morgan fingerprint density at radius 2 is 1.74 bits per heavy atom. The molecule has 2 aromatic carbocycles. The van der Waals surface area contributed by atoms with Crippen molar-refractivity contribution in [2.75, 3.05) is 44.2 Å². The zero-order chi connectivity index (χ0) is 25.4. The number of nitrogens with two attached hydrogens (primary N) is 1. The van der Waals surface area contributed by atoms with E-state index >= 15 is 0 Å². The van der Waals surface area contributed by atoms with Gasteiger partial charge in [-0.05, 0) is 51.4 Å². The number of carboxylic acid groups (broad SMARTS) is 1. The molecule has 0 spiro atoms. The number of nitrogens with zero attached hydrogens (tertiary/aromatic N) is 2. The van der Waals surface area contributed by atoms with Crippen LogP contribution in [0.25, 0.3) is 0 Å². The summed E-state index contributed by atoms with van der Waals surface area (Å²) in [7, 11) is 0. The maximum atomic E-state index is 13.0. The Morgan fingerprint density at radius 3 is 2.29 bits per heavy atom. The van der Waals surface area contributed by atoms with Gasteiger partial charge in [0.15, 0.2) is 17.5 Å². The number of aliphatic carboxylic acids is 1. The van der Waals surface area contributed by atoms with Gasteiger partial charge in [0.1, 0.15) is 0 Å². The first-order valence-electron chi connectivity index (χ1n) is 12.1. The van der Waals surface area contributed by atoms with Crippen molar-refractivity contribution in [3.8, 4) is 0 Å². The number of anilines is 1. The van der Waals surface area contributed by atoms with Crippen LogP contribution in [0.1, 0.15) is 31.7 Å². The van der Waals surface area contributed by atoms with Crippen molar-refractivity contribution in [1.29, 1.82) is 0 Å². The molecule has 0 amide bonds. The number of hydrogen-bond donors (Lipinski definition) is 3. The number of benzene rings is 2. The Balaban J connectivity index is 0.000000198. The van der Waals surface area contributed by atoms with Crippen molar-refractivity contribution in [2.24, 2.45) is 11.1 Å². The SMILES string of the molecule is C[C@@H]1CN(c2cc(F)c(F)c(F)c2)CCN1.NCCC1(C(=O)O)CCN(Cc2ccccc2)CC1. The molecule has 0 aromatic heterocycles. The topological polar surface area (TPSA) is 81.8 Å². The number of hydrogen-bond acceptors (Lipinski definition) is 5. The molecule has 2 aliphatic heterocycles. The minimum Gasteiger partial charge on any atom is -0.481 e. The smallest absolute Gasteiger partial charge is 0.309 e. The number of carboxylic acids is 1. The normalized spacial score (nSPS) is 20.1. The monoisotopic (exact) mass is 492 g/mol. The standard InChI is InChI=1S/C15H22N2O2.C11H13F3N2/c16-9-6-15(14(18)19)7-10-17(11-8-15)12-13-4-2-1-3-5-13;1-7-6-16(3-2-15-7)8-4-9(12)11(14)10(13)5-8/h1-5H,6-12,16H2,(H,18,19);4-5,7,15H,2-3,6H2,1H3/t;7-/m.1/s1. The summed E-state index contributed by atoms with van der Waals surface area (Å²) in [6.45, 7) is 7.08. The molecule has 2 heterocycles. The van der Waals surface area contributed by atoms with Crippen LogP contribution in [-0.4, -0.2) is 61.3 Å². The molecule has 0 bridgehead atoms. The second-order valence-corrected chi connectivity index (χ2v) is 9.41. The fraction of sp³-hybridized carbons (Fsp3) is 0.500. The van der Waals surface area contributed by atoms with Crippen LogP contribution in [0.3, 0.4) is 0 Å². The van der Waals surface area contributed by atoms with E-state index in [1.807, 2.05) is 30.0 Å². The zero-order valence-electron chi connectivity index (χ0n) is 20.2. The van der Waals surface area contributed by atoms with E-state index < -0.39 is 28.8 Å². The minimum absolute atomic E-state index is 0.255. The van der Waals surface area contributed by atoms with Crippen molar-refractivity contribution >= 4 is 11.7 Å². The first kappa shape index (κ1) is 27.0. The van der Waals surface area contributed by atoms with Gasteiger partial charge in [0.05, 0.1) is 5.41 Å². The van der Waals surface area contributed by atoms with Gasteiger partial charge in [0, 0.05) is 50.0 Å². The first-order chi connectivity index (χ1) is 16.7. The molecular formula is C26H35F3N4O2. The fourth-order valence-corrected chi connectivity index (χ4v) is 4.72. The van der Waals surface area contributed by atoms with Gasteiger partial charge in [-0.25, -0.2) is 13.2 Å². The molecule has 2 saturated heterocycles. The van der Waals surface area contributed by atoms with Crippen LogP contribution in [0.5, 0.6) is 0 Å². The van der Waals surface area contributed by atoms with Crippen LogP contribution in [0.15, 0.2) is 42.5 Å². The largest absolute Gasteiger partial charge is 0.481 e. The molecule has 0 radical (unpaired) electrons. The third-order valence-electron chi connectivity index (χ3n) is 6.84. The van der Waals surface area contributed by atoms with Crippen LogP contribution >= 0.6 is 0 Å². The van der Waals surface area contributed by atoms with E-state index in [0.29, 0.717) is 44.6 Å². The lowest BCUT2D eigenvalue weighted by Crippen LogP contribution is -2.49. The molecule has 4 rings (SSSR count). The molecule has 4 N–H and O–H groups in total. The van der Waals surface area contributed by atoms with Crippen molar-refractivity contribution in [3.05, 3.63) is 65.5 Å². The van der Waals surface area contributed by atoms with E-state index in [-0.39, 0.29) is 6.04 Å². The van der Waals surface area contributed by atoms with E-state index in [1.54, 1.807) is 0 Å². The molecule has 2 fully saturated rings. The number of rotatable bonds is 6. The van der Waals surface area contributed by atoms with Gasteiger partial charge in [0.25, 0.3) is 0 Å². The molecule has 9 heteroatoms. The highest BCUT2D eigenvalue weighted by atomic mass is 19.2. The van der Waals surface area contributed by atoms with Crippen LogP contribution in [0.2, 0.25) is 0 Å². The van der Waals surface area contributed by atoms with Gasteiger partial charge in [-0.3, -0.25) is 9.69 Å². The molecule has 2 aliphatic rings. The average molecular weight is 493 g/mol. The Hall–Kier alpha value is -2.62. The lowest BCUT2D eigenvalue weighted by molar-refractivity contribution is -0.152. The number of halogens is 3. The number of piperidine rings is 1. The van der Waals surface area contributed by atoms with Crippen LogP contribution in [-0.2, 0) is 11.3 Å². The molecule has 0 saturated carbocycles. The van der Waals surface area contributed by atoms with Gasteiger partial charge in [-0.1, -0.05) is 30.3 Å². The van der Waals surface area contributed by atoms with Crippen molar-refractivity contribution in [3.63, 3.8) is 0 Å². The van der Waals surface area contributed by atoms with Crippen molar-refractivity contribution in [2.45, 2.75) is 38.8 Å². The summed E-state index contributed by atoms with van der Waals surface area (Å²) >= 11 is 0. The third kappa shape index (κ3) is 7.19. The van der Waals surface area contributed by atoms with Crippen molar-refractivity contribution < 1.29 is 23.1 Å². The summed E-state index contributed by atoms with van der Waals surface area (Å²) in [6.07, 6.45) is 1.99. The Labute approximate surface area is 204 Å². The summed E-state index contributed by atoms with van der Waals surface area (Å²) in [5.41, 5.74) is 6.64. The summed E-state index contributed by atoms with van der Waals surface area (Å²) in [5, 5.41) is 12.6. The Kier molecular flexibility index (Phi) is 9.54. The van der Waals surface area contributed by atoms with E-state index in [4.69, 9.17) is 5.73 Å². The average Bonchev–Trinajstić information content (AvgIpc) is 2.84. The second kappa shape index (κ2) is 12.4.